The minimum Gasteiger partial charge on any atom is -0.392 e. The van der Waals surface area contributed by atoms with Crippen molar-refractivity contribution in [2.24, 2.45) is 9.81 Å². The van der Waals surface area contributed by atoms with Crippen LogP contribution in [0.5, 0.6) is 0 Å². The standard InChI is InChI=1S/C17H27NO2S/c1-16(2,3)15(19)12-14(13-10-8-7-9-11-13)18-21(20)17(4,5)6/h7-11,15,19H,12H2,1-6H3/b18-14+/t15-,21+/m0/s1. The summed E-state index contributed by atoms with van der Waals surface area (Å²) in [5.41, 5.74) is 1.38. The van der Waals surface area contributed by atoms with Crippen LogP contribution in [0.25, 0.3) is 0 Å². The molecule has 1 rings (SSSR count). The summed E-state index contributed by atoms with van der Waals surface area (Å²) in [6.07, 6.45) is -0.136. The third-order valence-corrected chi connectivity index (χ3v) is 4.64. The normalized spacial score (nSPS) is 16.6. The van der Waals surface area contributed by atoms with E-state index in [1.807, 2.05) is 71.9 Å². The average Bonchev–Trinajstić information content (AvgIpc) is 2.36. The summed E-state index contributed by atoms with van der Waals surface area (Å²) < 4.78 is 16.3. The highest BCUT2D eigenvalue weighted by Gasteiger charge is 2.26. The van der Waals surface area contributed by atoms with E-state index in [9.17, 15) is 9.32 Å². The molecule has 0 amide bonds. The number of aliphatic hydroxyl groups excluding tert-OH is 1. The van der Waals surface area contributed by atoms with E-state index in [4.69, 9.17) is 0 Å². The zero-order valence-corrected chi connectivity index (χ0v) is 14.7. The molecule has 0 aliphatic rings. The molecule has 2 atom stereocenters. The predicted octanol–water partition coefficient (Wildman–Crippen LogP) is 3.74. The SMILES string of the molecule is CC(C)(C)[C@@H](O)C/C(=N\[S@](=O)C(C)(C)C)c1ccccc1. The molecule has 0 fully saturated rings. The second-order valence-corrected chi connectivity index (χ2v) is 9.26. The second kappa shape index (κ2) is 6.84. The Balaban J connectivity index is 3.14. The van der Waals surface area contributed by atoms with E-state index in [2.05, 4.69) is 4.40 Å². The van der Waals surface area contributed by atoms with E-state index in [1.165, 1.54) is 0 Å². The lowest BCUT2D eigenvalue weighted by Gasteiger charge is -2.26. The molecule has 0 saturated carbocycles. The Hall–Kier alpha value is -1.00. The van der Waals surface area contributed by atoms with Crippen molar-refractivity contribution in [3.63, 3.8) is 0 Å². The van der Waals surface area contributed by atoms with Gasteiger partial charge in [-0.15, -0.1) is 0 Å². The quantitative estimate of drug-likeness (QED) is 0.861. The van der Waals surface area contributed by atoms with Crippen LogP contribution in [0.1, 0.15) is 53.5 Å². The maximum absolute atomic E-state index is 12.3. The minimum atomic E-state index is -1.33. The molecular formula is C17H27NO2S. The Kier molecular flexibility index (Phi) is 5.88. The molecule has 1 aromatic rings. The molecule has 0 saturated heterocycles. The van der Waals surface area contributed by atoms with E-state index < -0.39 is 21.8 Å². The minimum absolute atomic E-state index is 0.237. The summed E-state index contributed by atoms with van der Waals surface area (Å²) in [5, 5.41) is 10.4. The number of nitrogens with zero attached hydrogens (tertiary/aromatic N) is 1. The largest absolute Gasteiger partial charge is 0.392 e. The molecule has 3 nitrogen and oxygen atoms in total. The Morgan fingerprint density at radius 2 is 1.67 bits per heavy atom. The average molecular weight is 309 g/mol. The molecule has 4 heteroatoms. The van der Waals surface area contributed by atoms with Crippen LogP contribution in [-0.4, -0.2) is 25.9 Å². The van der Waals surface area contributed by atoms with Gasteiger partial charge in [0.2, 0.25) is 0 Å². The van der Waals surface area contributed by atoms with Gasteiger partial charge >= 0.3 is 0 Å². The maximum atomic E-state index is 12.3. The zero-order chi connectivity index (χ0) is 16.3. The molecule has 21 heavy (non-hydrogen) atoms. The van der Waals surface area contributed by atoms with Crippen molar-refractivity contribution in [3.8, 4) is 0 Å². The predicted molar refractivity (Wildman–Crippen MR) is 91.0 cm³/mol. The van der Waals surface area contributed by atoms with Gasteiger partial charge < -0.3 is 5.11 Å². The van der Waals surface area contributed by atoms with E-state index >= 15 is 0 Å². The van der Waals surface area contributed by atoms with Crippen molar-refractivity contribution in [1.82, 2.24) is 0 Å². The van der Waals surface area contributed by atoms with Crippen molar-refractivity contribution >= 4 is 16.7 Å². The number of rotatable bonds is 4. The van der Waals surface area contributed by atoms with Crippen molar-refractivity contribution in [1.29, 1.82) is 0 Å². The molecule has 118 valence electrons. The molecule has 1 aromatic carbocycles. The van der Waals surface area contributed by atoms with Gasteiger partial charge in [-0.1, -0.05) is 51.1 Å². The van der Waals surface area contributed by atoms with E-state index in [-0.39, 0.29) is 5.41 Å². The van der Waals surface area contributed by atoms with Gasteiger partial charge in [-0.3, -0.25) is 0 Å². The first kappa shape index (κ1) is 18.1. The lowest BCUT2D eigenvalue weighted by molar-refractivity contribution is 0.0698. The third kappa shape index (κ3) is 5.71. The first-order valence-corrected chi connectivity index (χ1v) is 8.35. The first-order chi connectivity index (χ1) is 9.51. The highest BCUT2D eigenvalue weighted by atomic mass is 32.2. The van der Waals surface area contributed by atoms with E-state index in [1.54, 1.807) is 0 Å². The molecule has 0 aliphatic carbocycles. The number of aliphatic hydroxyl groups is 1. The Bertz CT molecular complexity index is 510. The third-order valence-electron chi connectivity index (χ3n) is 3.21. The van der Waals surface area contributed by atoms with Crippen LogP contribution >= 0.6 is 0 Å². The highest BCUT2D eigenvalue weighted by molar-refractivity contribution is 7.85. The summed E-state index contributed by atoms with van der Waals surface area (Å²) in [6.45, 7) is 11.7. The van der Waals surface area contributed by atoms with Crippen molar-refractivity contribution in [2.75, 3.05) is 0 Å². The Morgan fingerprint density at radius 3 is 2.10 bits per heavy atom. The van der Waals surface area contributed by atoms with Crippen LogP contribution in [0.15, 0.2) is 34.7 Å². The van der Waals surface area contributed by atoms with Crippen LogP contribution in [0.4, 0.5) is 0 Å². The molecule has 0 aliphatic heterocycles. The summed E-state index contributed by atoms with van der Waals surface area (Å²) in [4.78, 5) is 0. The Morgan fingerprint density at radius 1 is 1.14 bits per heavy atom. The van der Waals surface area contributed by atoms with Gasteiger partial charge in [0, 0.05) is 6.42 Å². The monoisotopic (exact) mass is 309 g/mol. The first-order valence-electron chi connectivity index (χ1n) is 7.25. The van der Waals surface area contributed by atoms with Crippen LogP contribution < -0.4 is 0 Å². The number of hydrogen-bond acceptors (Lipinski definition) is 2. The van der Waals surface area contributed by atoms with Gasteiger partial charge in [0.15, 0.2) is 0 Å². The summed E-state index contributed by atoms with van der Waals surface area (Å²) in [7, 11) is -1.33. The topological polar surface area (TPSA) is 49.7 Å². The van der Waals surface area contributed by atoms with Crippen molar-refractivity contribution in [3.05, 3.63) is 35.9 Å². The number of hydrogen-bond donors (Lipinski definition) is 1. The maximum Gasteiger partial charge on any atom is 0.145 e. The summed E-state index contributed by atoms with van der Waals surface area (Å²) in [5.74, 6) is 0. The summed E-state index contributed by atoms with van der Waals surface area (Å²) in [6, 6.07) is 9.66. The fourth-order valence-corrected chi connectivity index (χ4v) is 2.22. The van der Waals surface area contributed by atoms with Gasteiger partial charge in [0.25, 0.3) is 0 Å². The lowest BCUT2D eigenvalue weighted by Crippen LogP contribution is -2.30. The molecule has 0 aromatic heterocycles. The highest BCUT2D eigenvalue weighted by Crippen LogP contribution is 2.24. The zero-order valence-electron chi connectivity index (χ0n) is 13.9. The molecule has 0 unspecified atom stereocenters. The molecular weight excluding hydrogens is 282 g/mol. The van der Waals surface area contributed by atoms with Crippen LogP contribution in [0.2, 0.25) is 0 Å². The van der Waals surface area contributed by atoms with Gasteiger partial charge in [0.1, 0.15) is 11.0 Å². The van der Waals surface area contributed by atoms with Crippen LogP contribution in [-0.2, 0) is 11.0 Å². The van der Waals surface area contributed by atoms with Crippen molar-refractivity contribution < 1.29 is 9.32 Å². The molecule has 1 N–H and O–H groups in total. The van der Waals surface area contributed by atoms with Gasteiger partial charge in [-0.25, -0.2) is 4.21 Å². The molecule has 0 spiro atoms. The lowest BCUT2D eigenvalue weighted by atomic mass is 9.85. The fraction of sp³-hybridized carbons (Fsp3) is 0.588. The smallest absolute Gasteiger partial charge is 0.145 e. The van der Waals surface area contributed by atoms with Crippen molar-refractivity contribution in [2.45, 2.75) is 58.8 Å². The number of benzene rings is 1. The molecule has 0 bridgehead atoms. The van der Waals surface area contributed by atoms with Crippen LogP contribution in [0, 0.1) is 5.41 Å². The van der Waals surface area contributed by atoms with Gasteiger partial charge in [-0.2, -0.15) is 4.40 Å². The fourth-order valence-electron chi connectivity index (χ4n) is 1.56. The summed E-state index contributed by atoms with van der Waals surface area (Å²) >= 11 is 0. The molecule has 0 heterocycles. The molecule has 0 radical (unpaired) electrons. The Labute approximate surface area is 131 Å². The van der Waals surface area contributed by atoms with Gasteiger partial charge in [-0.05, 0) is 31.7 Å². The van der Waals surface area contributed by atoms with Crippen LogP contribution in [0.3, 0.4) is 0 Å². The van der Waals surface area contributed by atoms with E-state index in [0.29, 0.717) is 12.1 Å². The van der Waals surface area contributed by atoms with E-state index in [0.717, 1.165) is 5.56 Å². The second-order valence-electron chi connectivity index (χ2n) is 7.35. The van der Waals surface area contributed by atoms with Gasteiger partial charge in [0.05, 0.1) is 16.6 Å².